The monoisotopic (exact) mass is 297 g/mol. The Labute approximate surface area is 95.1 Å². The number of hydrogen-bond donors (Lipinski definition) is 0. The third-order valence-electron chi connectivity index (χ3n) is 1.78. The van der Waals surface area contributed by atoms with Crippen LogP contribution in [0.4, 0.5) is 0 Å². The maximum absolute atomic E-state index is 10.7. The molecule has 0 spiro atoms. The molecule has 0 aromatic heterocycles. The molecule has 0 fully saturated rings. The van der Waals surface area contributed by atoms with Gasteiger partial charge < -0.3 is 0 Å². The summed E-state index contributed by atoms with van der Waals surface area (Å²) in [4.78, 5) is 10.7. The number of nitrogens with zero attached hydrogens (tertiary/aromatic N) is 2. The van der Waals surface area contributed by atoms with Gasteiger partial charge in [-0.2, -0.15) is 0 Å². The van der Waals surface area contributed by atoms with Crippen molar-refractivity contribution < 1.29 is 4.79 Å². The van der Waals surface area contributed by atoms with Crippen LogP contribution in [0.5, 0.6) is 0 Å². The lowest BCUT2D eigenvalue weighted by molar-refractivity contribution is -0.114. The van der Waals surface area contributed by atoms with Gasteiger partial charge in [-0.3, -0.25) is 4.79 Å². The van der Waals surface area contributed by atoms with Gasteiger partial charge in [0.05, 0.1) is 9.62 Å². The summed E-state index contributed by atoms with van der Waals surface area (Å²) in [5.74, 6) is -0.306. The van der Waals surface area contributed by atoms with E-state index in [0.29, 0.717) is 0 Å². The van der Waals surface area contributed by atoms with Gasteiger partial charge in [-0.15, -0.1) is 10.2 Å². The summed E-state index contributed by atoms with van der Waals surface area (Å²) in [7, 11) is 0. The van der Waals surface area contributed by atoms with Gasteiger partial charge in [0.15, 0.2) is 0 Å². The van der Waals surface area contributed by atoms with Crippen LogP contribution in [0.25, 0.3) is 0 Å². The minimum absolute atomic E-state index is 0.306. The van der Waals surface area contributed by atoms with Crippen molar-refractivity contribution >= 4 is 28.5 Å². The third kappa shape index (κ3) is 2.06. The summed E-state index contributed by atoms with van der Waals surface area (Å²) in [6, 6.07) is 0. The van der Waals surface area contributed by atoms with Crippen LogP contribution >= 0.6 is 22.6 Å². The number of allylic oxidation sites excluding steroid dienone is 6. The second kappa shape index (κ2) is 4.00. The van der Waals surface area contributed by atoms with Crippen LogP contribution in [0.15, 0.2) is 58.0 Å². The molecule has 1 amide bonds. The SMILES string of the molecule is O=C1C=CC(=C2C=C[C](I)C=C2)N=N1. The normalized spacial score (nSPS) is 21.1. The highest BCUT2D eigenvalue weighted by Crippen LogP contribution is 2.24. The number of hydrogen-bond acceptors (Lipinski definition) is 2. The summed E-state index contributed by atoms with van der Waals surface area (Å²) in [6.07, 6.45) is 11.0. The van der Waals surface area contributed by atoms with E-state index in [0.717, 1.165) is 11.3 Å². The first-order valence-corrected chi connectivity index (χ1v) is 5.10. The van der Waals surface area contributed by atoms with Gasteiger partial charge in [0.1, 0.15) is 0 Å². The number of amides is 1. The molecule has 3 nitrogen and oxygen atoms in total. The molecule has 0 saturated carbocycles. The molecule has 2 aliphatic rings. The highest BCUT2D eigenvalue weighted by molar-refractivity contribution is 14.1. The maximum atomic E-state index is 10.7. The van der Waals surface area contributed by atoms with Gasteiger partial charge in [0.25, 0.3) is 5.91 Å². The minimum atomic E-state index is -0.306. The molecule has 0 bridgehead atoms. The molecule has 1 aliphatic heterocycles. The average molecular weight is 297 g/mol. The second-order valence-corrected chi connectivity index (χ2v) is 4.01. The molecule has 0 unspecified atom stereocenters. The van der Waals surface area contributed by atoms with Gasteiger partial charge in [0.2, 0.25) is 0 Å². The van der Waals surface area contributed by atoms with Gasteiger partial charge >= 0.3 is 0 Å². The highest BCUT2D eigenvalue weighted by Gasteiger charge is 2.08. The van der Waals surface area contributed by atoms with Crippen molar-refractivity contribution in [3.8, 4) is 0 Å². The molecular formula is C10H6IN2O. The first kappa shape index (κ1) is 9.51. The van der Waals surface area contributed by atoms with Crippen LogP contribution in [0, 0.1) is 3.92 Å². The van der Waals surface area contributed by atoms with Crippen molar-refractivity contribution in [3.05, 3.63) is 51.7 Å². The van der Waals surface area contributed by atoms with Crippen LogP contribution in [0.2, 0.25) is 0 Å². The second-order valence-electron chi connectivity index (χ2n) is 2.76. The molecule has 0 atom stereocenters. The van der Waals surface area contributed by atoms with E-state index in [1.807, 2.05) is 24.3 Å². The lowest BCUT2D eigenvalue weighted by atomic mass is 10.1. The van der Waals surface area contributed by atoms with Crippen molar-refractivity contribution in [2.45, 2.75) is 0 Å². The van der Waals surface area contributed by atoms with Crippen LogP contribution in [0.1, 0.15) is 0 Å². The van der Waals surface area contributed by atoms with E-state index >= 15 is 0 Å². The number of azo groups is 1. The summed E-state index contributed by atoms with van der Waals surface area (Å²) < 4.78 is 1.17. The van der Waals surface area contributed by atoms with Crippen molar-refractivity contribution in [2.24, 2.45) is 10.2 Å². The largest absolute Gasteiger partial charge is 0.288 e. The quantitative estimate of drug-likeness (QED) is 0.634. The van der Waals surface area contributed by atoms with Crippen molar-refractivity contribution in [2.75, 3.05) is 0 Å². The Morgan fingerprint density at radius 3 is 2.21 bits per heavy atom. The molecule has 14 heavy (non-hydrogen) atoms. The Hall–Kier alpha value is -1.04. The molecule has 4 heteroatoms. The molecule has 2 rings (SSSR count). The van der Waals surface area contributed by atoms with E-state index in [1.165, 1.54) is 10.0 Å². The molecule has 0 aromatic carbocycles. The van der Waals surface area contributed by atoms with Crippen LogP contribution in [-0.2, 0) is 4.79 Å². The predicted octanol–water partition coefficient (Wildman–Crippen LogP) is 2.88. The lowest BCUT2D eigenvalue weighted by Gasteiger charge is -2.06. The zero-order valence-electron chi connectivity index (χ0n) is 7.14. The van der Waals surface area contributed by atoms with E-state index in [9.17, 15) is 4.79 Å². The minimum Gasteiger partial charge on any atom is -0.266 e. The smallest absolute Gasteiger partial charge is 0.266 e. The zero-order valence-corrected chi connectivity index (χ0v) is 9.30. The summed E-state index contributed by atoms with van der Waals surface area (Å²) in [6.45, 7) is 0. The predicted molar refractivity (Wildman–Crippen MR) is 61.6 cm³/mol. The molecule has 1 heterocycles. The Kier molecular flexibility index (Phi) is 2.72. The fourth-order valence-corrected chi connectivity index (χ4v) is 1.45. The van der Waals surface area contributed by atoms with Crippen LogP contribution in [-0.4, -0.2) is 5.91 Å². The van der Waals surface area contributed by atoms with Gasteiger partial charge in [-0.25, -0.2) is 0 Å². The summed E-state index contributed by atoms with van der Waals surface area (Å²) in [5, 5.41) is 7.28. The zero-order chi connectivity index (χ0) is 9.97. The van der Waals surface area contributed by atoms with E-state index < -0.39 is 0 Å². The molecule has 69 valence electrons. The van der Waals surface area contributed by atoms with Crippen molar-refractivity contribution in [3.63, 3.8) is 0 Å². The van der Waals surface area contributed by atoms with Crippen LogP contribution < -0.4 is 0 Å². The Morgan fingerprint density at radius 1 is 0.929 bits per heavy atom. The fourth-order valence-electron chi connectivity index (χ4n) is 1.09. The number of carbonyl (C=O) groups excluding carboxylic acids is 1. The number of carbonyl (C=O) groups is 1. The van der Waals surface area contributed by atoms with E-state index in [2.05, 4.69) is 32.8 Å². The molecule has 0 aromatic rings. The first-order chi connectivity index (χ1) is 6.75. The fraction of sp³-hybridized carbons (Fsp3) is 0. The Bertz CT molecular complexity index is 382. The van der Waals surface area contributed by atoms with Gasteiger partial charge in [-0.05, 0) is 6.08 Å². The van der Waals surface area contributed by atoms with Crippen molar-refractivity contribution in [1.82, 2.24) is 0 Å². The van der Waals surface area contributed by atoms with E-state index in [-0.39, 0.29) is 5.91 Å². The molecule has 0 N–H and O–H groups in total. The van der Waals surface area contributed by atoms with Crippen molar-refractivity contribution in [1.29, 1.82) is 0 Å². The highest BCUT2D eigenvalue weighted by atomic mass is 127. The van der Waals surface area contributed by atoms with E-state index in [1.54, 1.807) is 6.08 Å². The lowest BCUT2D eigenvalue weighted by Crippen LogP contribution is -1.94. The number of halogens is 1. The van der Waals surface area contributed by atoms with Gasteiger partial charge in [-0.1, -0.05) is 46.9 Å². The Morgan fingerprint density at radius 2 is 1.64 bits per heavy atom. The summed E-state index contributed by atoms with van der Waals surface area (Å²) >= 11 is 2.24. The number of rotatable bonds is 0. The molecule has 0 saturated heterocycles. The molecular weight excluding hydrogens is 291 g/mol. The standard InChI is InChI=1S/C10H6IN2O/c11-8-3-1-7(2-4-8)9-5-6-10(14)13-12-9/h1-6H. The van der Waals surface area contributed by atoms with E-state index in [4.69, 9.17) is 0 Å². The average Bonchev–Trinajstić information content (AvgIpc) is 2.21. The first-order valence-electron chi connectivity index (χ1n) is 4.02. The third-order valence-corrected chi connectivity index (χ3v) is 2.50. The maximum Gasteiger partial charge on any atom is 0.288 e. The summed E-state index contributed by atoms with van der Waals surface area (Å²) in [5.41, 5.74) is 1.69. The van der Waals surface area contributed by atoms with Crippen LogP contribution in [0.3, 0.4) is 0 Å². The van der Waals surface area contributed by atoms with Gasteiger partial charge in [0, 0.05) is 11.6 Å². The molecule has 1 radical (unpaired) electrons. The topological polar surface area (TPSA) is 41.8 Å². The molecule has 1 aliphatic carbocycles. The Balaban J connectivity index is 2.30.